The Morgan fingerprint density at radius 1 is 1.45 bits per heavy atom. The molecule has 5 atom stereocenters. The third-order valence-corrected chi connectivity index (χ3v) is 6.33. The highest BCUT2D eigenvalue weighted by molar-refractivity contribution is 7.48. The number of nitrogens with zero attached hydrogens (tertiary/aromatic N) is 4. The van der Waals surface area contributed by atoms with Gasteiger partial charge in [-0.2, -0.15) is 9.97 Å². The minimum absolute atomic E-state index is 0.0296. The van der Waals surface area contributed by atoms with Crippen molar-refractivity contribution in [2.24, 2.45) is 5.84 Å². The number of nitrogen functional groups attached to an aromatic ring is 1. The van der Waals surface area contributed by atoms with Crippen molar-refractivity contribution in [2.45, 2.75) is 57.7 Å². The van der Waals surface area contributed by atoms with Crippen LogP contribution in [0.3, 0.4) is 0 Å². The monoisotopic (exact) mass is 464 g/mol. The smallest absolute Gasteiger partial charge is 0.475 e. The number of aromatic nitrogens is 4. The number of halogens is 2. The Morgan fingerprint density at radius 3 is 2.84 bits per heavy atom. The number of anilines is 1. The molecule has 0 saturated carbocycles. The summed E-state index contributed by atoms with van der Waals surface area (Å²) in [5, 5.41) is 0. The van der Waals surface area contributed by atoms with Crippen LogP contribution in [0.15, 0.2) is 6.33 Å². The Balaban J connectivity index is 1.76. The molecule has 1 unspecified atom stereocenters. The number of hydrazine groups is 1. The summed E-state index contributed by atoms with van der Waals surface area (Å²) in [4.78, 5) is 12.4. The summed E-state index contributed by atoms with van der Waals surface area (Å²) in [6.07, 6.45) is -2.86. The van der Waals surface area contributed by atoms with Crippen LogP contribution < -0.4 is 16.0 Å². The largest absolute Gasteiger partial charge is 0.476 e. The molecule has 0 aliphatic carbocycles. The van der Waals surface area contributed by atoms with Gasteiger partial charge in [0.2, 0.25) is 11.8 Å². The quantitative estimate of drug-likeness (QED) is 0.369. The van der Waals surface area contributed by atoms with Gasteiger partial charge in [-0.1, -0.05) is 0 Å². The van der Waals surface area contributed by atoms with Crippen molar-refractivity contribution in [3.8, 4) is 5.88 Å². The molecule has 2 aliphatic heterocycles. The van der Waals surface area contributed by atoms with E-state index in [1.54, 1.807) is 20.8 Å². The molecule has 3 N–H and O–H groups in total. The third kappa shape index (κ3) is 3.66. The second-order valence-corrected chi connectivity index (χ2v) is 9.10. The molecule has 0 spiro atoms. The topological polar surface area (TPSA) is 145 Å². The van der Waals surface area contributed by atoms with Gasteiger partial charge >= 0.3 is 7.82 Å². The van der Waals surface area contributed by atoms with E-state index >= 15 is 8.78 Å². The van der Waals surface area contributed by atoms with Crippen LogP contribution in [0, 0.1) is 0 Å². The van der Waals surface area contributed by atoms with Crippen LogP contribution in [-0.2, 0) is 22.9 Å². The number of alkyl halides is 2. The van der Waals surface area contributed by atoms with Crippen LogP contribution in [0.25, 0.3) is 11.2 Å². The Bertz CT molecular complexity index is 1040. The summed E-state index contributed by atoms with van der Waals surface area (Å²) in [5.74, 6) is 2.75. The molecule has 2 aliphatic rings. The fraction of sp³-hybridized carbons (Fsp3) is 0.688. The fourth-order valence-corrected chi connectivity index (χ4v) is 5.18. The van der Waals surface area contributed by atoms with Crippen LogP contribution in [0.5, 0.6) is 5.88 Å². The average molecular weight is 464 g/mol. The lowest BCUT2D eigenvalue weighted by molar-refractivity contribution is -0.220. The van der Waals surface area contributed by atoms with Crippen molar-refractivity contribution in [1.82, 2.24) is 19.5 Å². The zero-order chi connectivity index (χ0) is 22.6. The van der Waals surface area contributed by atoms with E-state index in [0.29, 0.717) is 0 Å². The predicted octanol–water partition coefficient (Wildman–Crippen LogP) is 2.38. The maximum Gasteiger partial charge on any atom is 0.475 e. The maximum atomic E-state index is 16.0. The first-order valence-electron chi connectivity index (χ1n) is 9.54. The molecule has 12 nitrogen and oxygen atoms in total. The number of hydrogen-bond donors (Lipinski definition) is 2. The molecule has 31 heavy (non-hydrogen) atoms. The Labute approximate surface area is 176 Å². The third-order valence-electron chi connectivity index (χ3n) is 4.74. The number of nitrogens with two attached hydrogens (primary N) is 1. The second-order valence-electron chi connectivity index (χ2n) is 7.52. The van der Waals surface area contributed by atoms with Gasteiger partial charge in [0.1, 0.15) is 6.61 Å². The van der Waals surface area contributed by atoms with Gasteiger partial charge in [-0.25, -0.2) is 24.2 Å². The van der Waals surface area contributed by atoms with Gasteiger partial charge in [0.15, 0.2) is 29.2 Å². The summed E-state index contributed by atoms with van der Waals surface area (Å²) < 4.78 is 71.5. The highest BCUT2D eigenvalue weighted by Gasteiger charge is 2.70. The molecule has 0 radical (unpaired) electrons. The number of nitrogens with one attached hydrogen (secondary N) is 1. The molecular weight excluding hydrogens is 441 g/mol. The predicted molar refractivity (Wildman–Crippen MR) is 102 cm³/mol. The lowest BCUT2D eigenvalue weighted by atomic mass is 9.97. The van der Waals surface area contributed by atoms with Gasteiger partial charge < -0.3 is 9.47 Å². The van der Waals surface area contributed by atoms with Crippen LogP contribution in [0.2, 0.25) is 0 Å². The first-order chi connectivity index (χ1) is 14.5. The van der Waals surface area contributed by atoms with Crippen LogP contribution >= 0.6 is 7.82 Å². The Morgan fingerprint density at radius 2 is 2.19 bits per heavy atom. The number of phosphoric ester groups is 1. The highest BCUT2D eigenvalue weighted by atomic mass is 31.2. The molecule has 0 aromatic carbocycles. The SMILES string of the molecule is CCOc1nc(NN)nc2c1ncn2[C@@H]1O[C@]2(F)COP(=O)(OC(C)C)O[C@H]2[C@@]1(C)F. The number of phosphoric acid groups is 1. The fourth-order valence-electron chi connectivity index (χ4n) is 3.54. The van der Waals surface area contributed by atoms with E-state index in [-0.39, 0.29) is 29.6 Å². The van der Waals surface area contributed by atoms with Crippen molar-refractivity contribution >= 4 is 24.9 Å². The van der Waals surface area contributed by atoms with Gasteiger partial charge in [0.25, 0.3) is 5.85 Å². The molecule has 2 saturated heterocycles. The number of imidazole rings is 1. The second kappa shape index (κ2) is 7.57. The average Bonchev–Trinajstić information content (AvgIpc) is 3.19. The van der Waals surface area contributed by atoms with E-state index in [2.05, 4.69) is 20.4 Å². The van der Waals surface area contributed by atoms with Crippen molar-refractivity contribution in [2.75, 3.05) is 18.6 Å². The molecule has 0 amide bonds. The Kier molecular flexibility index (Phi) is 5.43. The van der Waals surface area contributed by atoms with E-state index < -0.39 is 44.4 Å². The first-order valence-corrected chi connectivity index (χ1v) is 11.0. The van der Waals surface area contributed by atoms with Crippen LogP contribution in [0.4, 0.5) is 14.7 Å². The minimum Gasteiger partial charge on any atom is -0.476 e. The number of hydrogen-bond acceptors (Lipinski definition) is 11. The van der Waals surface area contributed by atoms with E-state index in [4.69, 9.17) is 28.9 Å². The van der Waals surface area contributed by atoms with E-state index in [1.807, 2.05) is 0 Å². The molecule has 15 heteroatoms. The van der Waals surface area contributed by atoms with Crippen molar-refractivity contribution in [1.29, 1.82) is 0 Å². The molecule has 2 aromatic heterocycles. The number of rotatable bonds is 6. The van der Waals surface area contributed by atoms with Crippen molar-refractivity contribution in [3.63, 3.8) is 0 Å². The van der Waals surface area contributed by atoms with Gasteiger partial charge in [-0.3, -0.25) is 23.6 Å². The molecule has 4 heterocycles. The summed E-state index contributed by atoms with van der Waals surface area (Å²) in [6, 6.07) is 0. The zero-order valence-corrected chi connectivity index (χ0v) is 18.1. The summed E-state index contributed by atoms with van der Waals surface area (Å²) in [7, 11) is -4.20. The van der Waals surface area contributed by atoms with Gasteiger partial charge in [0.05, 0.1) is 19.0 Å². The highest BCUT2D eigenvalue weighted by Crippen LogP contribution is 2.63. The van der Waals surface area contributed by atoms with Crippen molar-refractivity contribution in [3.05, 3.63) is 6.33 Å². The van der Waals surface area contributed by atoms with Crippen LogP contribution in [0.1, 0.15) is 33.9 Å². The summed E-state index contributed by atoms with van der Waals surface area (Å²) in [5.41, 5.74) is 0.0268. The van der Waals surface area contributed by atoms with Crippen molar-refractivity contribution < 1.29 is 36.4 Å². The minimum atomic E-state index is -4.20. The van der Waals surface area contributed by atoms with E-state index in [1.165, 1.54) is 6.33 Å². The van der Waals surface area contributed by atoms with Crippen LogP contribution in [-0.4, -0.2) is 56.5 Å². The number of fused-ring (bicyclic) bond motifs is 2. The van der Waals surface area contributed by atoms with Gasteiger partial charge in [-0.05, 0) is 27.7 Å². The molecular formula is C16H23F2N6O6P. The molecule has 0 bridgehead atoms. The standard InChI is InChI=1S/C16H23F2N6O6P/c1-5-26-11-9-10(21-14(22-11)23-19)24(7-20-9)13-15(4,17)12-16(18,28-13)6-27-31(25,30-12)29-8(2)3/h7-8,12-13H,5-6,19H2,1-4H3,(H,21,22,23)/t12-,13+,15+,16+,31?/m0/s1. The van der Waals surface area contributed by atoms with E-state index in [0.717, 1.165) is 11.5 Å². The van der Waals surface area contributed by atoms with Gasteiger partial charge in [0, 0.05) is 0 Å². The Hall–Kier alpha value is -1.96. The summed E-state index contributed by atoms with van der Waals surface area (Å²) in [6.45, 7) is 5.40. The van der Waals surface area contributed by atoms with E-state index in [9.17, 15) is 4.57 Å². The maximum absolute atomic E-state index is 16.0. The lowest BCUT2D eigenvalue weighted by Gasteiger charge is -2.36. The lowest BCUT2D eigenvalue weighted by Crippen LogP contribution is -2.51. The normalized spacial score (nSPS) is 35.5. The molecule has 2 aromatic rings. The molecule has 2 fully saturated rings. The summed E-state index contributed by atoms with van der Waals surface area (Å²) >= 11 is 0. The first kappa shape index (κ1) is 22.2. The zero-order valence-electron chi connectivity index (χ0n) is 17.2. The number of ether oxygens (including phenoxy) is 2. The van der Waals surface area contributed by atoms with Gasteiger partial charge in [-0.15, -0.1) is 0 Å². The molecule has 4 rings (SSSR count). The molecule has 172 valence electrons.